The number of halogens is 3. The Morgan fingerprint density at radius 1 is 1.13 bits per heavy atom. The number of likely N-dealkylation sites (tertiary alicyclic amines) is 1. The number of aromatic nitrogens is 2. The topological polar surface area (TPSA) is 47.4 Å². The predicted octanol–water partition coefficient (Wildman–Crippen LogP) is 5.32. The summed E-state index contributed by atoms with van der Waals surface area (Å²) in [5, 5.41) is 0. The van der Waals surface area contributed by atoms with Gasteiger partial charge in [-0.05, 0) is 61.7 Å². The van der Waals surface area contributed by atoms with E-state index in [1.807, 2.05) is 28.5 Å². The minimum atomic E-state index is -4.38. The SMILES string of the molecule is CCCOc1ccc(C(=O)N2CCC(n3cnc4cc(C(F)(F)F)ccc43)CC2)cc1. The van der Waals surface area contributed by atoms with Crippen molar-refractivity contribution in [3.05, 3.63) is 59.9 Å². The summed E-state index contributed by atoms with van der Waals surface area (Å²) >= 11 is 0. The number of hydrogen-bond acceptors (Lipinski definition) is 3. The summed E-state index contributed by atoms with van der Waals surface area (Å²) in [6, 6.07) is 10.9. The molecule has 0 radical (unpaired) electrons. The summed E-state index contributed by atoms with van der Waals surface area (Å²) in [4.78, 5) is 18.8. The van der Waals surface area contributed by atoms with E-state index in [9.17, 15) is 18.0 Å². The van der Waals surface area contributed by atoms with Gasteiger partial charge in [0.05, 0.1) is 29.5 Å². The molecule has 0 aliphatic carbocycles. The number of alkyl halides is 3. The van der Waals surface area contributed by atoms with Crippen LogP contribution >= 0.6 is 0 Å². The summed E-state index contributed by atoms with van der Waals surface area (Å²) in [5.41, 5.74) is 0.936. The molecule has 1 amide bonds. The molecule has 164 valence electrons. The van der Waals surface area contributed by atoms with Crippen LogP contribution in [-0.2, 0) is 6.18 Å². The van der Waals surface area contributed by atoms with E-state index in [1.165, 1.54) is 6.07 Å². The normalized spacial score (nSPS) is 15.4. The molecule has 0 atom stereocenters. The van der Waals surface area contributed by atoms with Gasteiger partial charge >= 0.3 is 6.18 Å². The Bertz CT molecular complexity index is 1050. The van der Waals surface area contributed by atoms with E-state index in [2.05, 4.69) is 4.98 Å². The number of nitrogens with zero attached hydrogens (tertiary/aromatic N) is 3. The van der Waals surface area contributed by atoms with Gasteiger partial charge in [-0.3, -0.25) is 4.79 Å². The Hall–Kier alpha value is -3.03. The molecule has 0 bridgehead atoms. The first-order chi connectivity index (χ1) is 14.9. The Morgan fingerprint density at radius 3 is 2.48 bits per heavy atom. The molecule has 5 nitrogen and oxygen atoms in total. The number of imidazole rings is 1. The summed E-state index contributed by atoms with van der Waals surface area (Å²) in [5.74, 6) is 0.726. The van der Waals surface area contributed by atoms with Gasteiger partial charge in [0, 0.05) is 24.7 Å². The number of carbonyl (C=O) groups excluding carboxylic acids is 1. The third-order valence-corrected chi connectivity index (χ3v) is 5.62. The van der Waals surface area contributed by atoms with Gasteiger partial charge < -0.3 is 14.2 Å². The number of ether oxygens (including phenoxy) is 1. The van der Waals surface area contributed by atoms with E-state index in [-0.39, 0.29) is 11.9 Å². The second-order valence-electron chi connectivity index (χ2n) is 7.75. The Kier molecular flexibility index (Phi) is 5.89. The van der Waals surface area contributed by atoms with Crippen LogP contribution in [0.1, 0.15) is 48.1 Å². The van der Waals surface area contributed by atoms with Crippen molar-refractivity contribution in [1.29, 1.82) is 0 Å². The molecule has 8 heteroatoms. The van der Waals surface area contributed by atoms with Gasteiger partial charge in [0.15, 0.2) is 0 Å². The first-order valence-corrected chi connectivity index (χ1v) is 10.4. The van der Waals surface area contributed by atoms with Crippen molar-refractivity contribution in [3.63, 3.8) is 0 Å². The minimum Gasteiger partial charge on any atom is -0.494 e. The van der Waals surface area contributed by atoms with E-state index in [4.69, 9.17) is 4.74 Å². The van der Waals surface area contributed by atoms with Crippen LogP contribution in [0, 0.1) is 0 Å². The van der Waals surface area contributed by atoms with Crippen LogP contribution in [0.25, 0.3) is 11.0 Å². The number of carbonyl (C=O) groups is 1. The molecule has 1 aliphatic heterocycles. The lowest BCUT2D eigenvalue weighted by Gasteiger charge is -2.33. The minimum absolute atomic E-state index is 0.0224. The zero-order valence-corrected chi connectivity index (χ0v) is 17.2. The van der Waals surface area contributed by atoms with Crippen LogP contribution in [-0.4, -0.2) is 40.1 Å². The molecule has 0 unspecified atom stereocenters. The summed E-state index contributed by atoms with van der Waals surface area (Å²) < 4.78 is 46.3. The van der Waals surface area contributed by atoms with Gasteiger partial charge in [-0.1, -0.05) is 6.92 Å². The van der Waals surface area contributed by atoms with Crippen molar-refractivity contribution < 1.29 is 22.7 Å². The second-order valence-corrected chi connectivity index (χ2v) is 7.75. The number of rotatable bonds is 5. The van der Waals surface area contributed by atoms with Crippen molar-refractivity contribution in [3.8, 4) is 5.75 Å². The molecule has 4 rings (SSSR count). The molecule has 0 N–H and O–H groups in total. The highest BCUT2D eigenvalue weighted by Gasteiger charge is 2.31. The third kappa shape index (κ3) is 4.52. The lowest BCUT2D eigenvalue weighted by atomic mass is 10.0. The van der Waals surface area contributed by atoms with Crippen LogP contribution in [0.15, 0.2) is 48.8 Å². The van der Waals surface area contributed by atoms with E-state index in [1.54, 1.807) is 18.5 Å². The maximum atomic E-state index is 12.9. The monoisotopic (exact) mass is 431 g/mol. The summed E-state index contributed by atoms with van der Waals surface area (Å²) in [7, 11) is 0. The van der Waals surface area contributed by atoms with Gasteiger partial charge in [-0.25, -0.2) is 4.98 Å². The van der Waals surface area contributed by atoms with E-state index < -0.39 is 11.7 Å². The molecule has 2 heterocycles. The molecule has 1 saturated heterocycles. The fraction of sp³-hybridized carbons (Fsp3) is 0.391. The highest BCUT2D eigenvalue weighted by Crippen LogP contribution is 2.33. The maximum Gasteiger partial charge on any atom is 0.416 e. The van der Waals surface area contributed by atoms with Gasteiger partial charge in [-0.2, -0.15) is 13.2 Å². The van der Waals surface area contributed by atoms with Crippen LogP contribution < -0.4 is 4.74 Å². The molecule has 3 aromatic rings. The Labute approximate surface area is 178 Å². The molecule has 1 aromatic heterocycles. The van der Waals surface area contributed by atoms with E-state index >= 15 is 0 Å². The van der Waals surface area contributed by atoms with Crippen molar-refractivity contribution >= 4 is 16.9 Å². The highest BCUT2D eigenvalue weighted by atomic mass is 19.4. The smallest absolute Gasteiger partial charge is 0.416 e. The number of benzene rings is 2. The molecule has 0 spiro atoms. The molecule has 0 saturated carbocycles. The van der Waals surface area contributed by atoms with Crippen molar-refractivity contribution in [1.82, 2.24) is 14.5 Å². The van der Waals surface area contributed by atoms with Crippen molar-refractivity contribution in [2.24, 2.45) is 0 Å². The van der Waals surface area contributed by atoms with Crippen LogP contribution in [0.4, 0.5) is 13.2 Å². The Balaban J connectivity index is 1.41. The fourth-order valence-electron chi connectivity index (χ4n) is 3.94. The molecular formula is C23H24F3N3O2. The average molecular weight is 431 g/mol. The molecular weight excluding hydrogens is 407 g/mol. The largest absolute Gasteiger partial charge is 0.494 e. The van der Waals surface area contributed by atoms with Crippen LogP contribution in [0.5, 0.6) is 5.75 Å². The maximum absolute atomic E-state index is 12.9. The van der Waals surface area contributed by atoms with Crippen LogP contribution in [0.2, 0.25) is 0 Å². The van der Waals surface area contributed by atoms with Crippen LogP contribution in [0.3, 0.4) is 0 Å². The molecule has 2 aromatic carbocycles. The van der Waals surface area contributed by atoms with Gasteiger partial charge in [0.25, 0.3) is 5.91 Å². The van der Waals surface area contributed by atoms with E-state index in [0.717, 1.165) is 37.1 Å². The second kappa shape index (κ2) is 8.61. The number of amides is 1. The zero-order valence-electron chi connectivity index (χ0n) is 17.2. The lowest BCUT2D eigenvalue weighted by Crippen LogP contribution is -2.39. The first-order valence-electron chi connectivity index (χ1n) is 10.4. The first kappa shape index (κ1) is 21.2. The third-order valence-electron chi connectivity index (χ3n) is 5.62. The number of piperidine rings is 1. The van der Waals surface area contributed by atoms with Gasteiger partial charge in [-0.15, -0.1) is 0 Å². The lowest BCUT2D eigenvalue weighted by molar-refractivity contribution is -0.137. The summed E-state index contributed by atoms with van der Waals surface area (Å²) in [6.07, 6.45) is -0.427. The van der Waals surface area contributed by atoms with E-state index in [0.29, 0.717) is 36.3 Å². The molecule has 31 heavy (non-hydrogen) atoms. The Morgan fingerprint density at radius 2 is 1.84 bits per heavy atom. The van der Waals surface area contributed by atoms with Gasteiger partial charge in [0.1, 0.15) is 5.75 Å². The van der Waals surface area contributed by atoms with Gasteiger partial charge in [0.2, 0.25) is 0 Å². The average Bonchev–Trinajstić information content (AvgIpc) is 3.20. The zero-order chi connectivity index (χ0) is 22.0. The summed E-state index contributed by atoms with van der Waals surface area (Å²) in [6.45, 7) is 3.84. The number of hydrogen-bond donors (Lipinski definition) is 0. The highest BCUT2D eigenvalue weighted by molar-refractivity contribution is 5.94. The molecule has 1 fully saturated rings. The standard InChI is InChI=1S/C23H24F3N3O2/c1-2-13-31-19-6-3-16(4-7-19)22(30)28-11-9-18(10-12-28)29-15-27-20-14-17(23(24,25)26)5-8-21(20)29/h3-8,14-15,18H,2,9-13H2,1H3. The quantitative estimate of drug-likeness (QED) is 0.549. The molecule has 1 aliphatic rings. The predicted molar refractivity (Wildman–Crippen MR) is 111 cm³/mol. The van der Waals surface area contributed by atoms with Crippen molar-refractivity contribution in [2.45, 2.75) is 38.4 Å². The fourth-order valence-corrected chi connectivity index (χ4v) is 3.94. The number of fused-ring (bicyclic) bond motifs is 1. The van der Waals surface area contributed by atoms with Crippen molar-refractivity contribution in [2.75, 3.05) is 19.7 Å².